The molecule has 1 atom stereocenters. The SMILES string of the molecule is COc1cc(C)c(S(=O)(=O)N[C@H](C)C(C)C)c(C)c1. The molecule has 0 aliphatic heterocycles. The molecular formula is C14H23NO3S. The average Bonchev–Trinajstić information content (AvgIpc) is 2.26. The van der Waals surface area contributed by atoms with Gasteiger partial charge in [-0.25, -0.2) is 13.1 Å². The Morgan fingerprint density at radius 2 is 1.58 bits per heavy atom. The van der Waals surface area contributed by atoms with Crippen molar-refractivity contribution < 1.29 is 13.2 Å². The molecule has 0 heterocycles. The number of benzene rings is 1. The summed E-state index contributed by atoms with van der Waals surface area (Å²) in [7, 11) is -1.93. The van der Waals surface area contributed by atoms with E-state index in [9.17, 15) is 8.42 Å². The summed E-state index contributed by atoms with van der Waals surface area (Å²) in [5.74, 6) is 0.916. The van der Waals surface area contributed by atoms with Gasteiger partial charge in [-0.1, -0.05) is 13.8 Å². The molecule has 0 saturated carbocycles. The molecule has 1 rings (SSSR count). The first-order chi connectivity index (χ1) is 8.69. The molecule has 0 aliphatic rings. The fourth-order valence-corrected chi connectivity index (χ4v) is 3.74. The molecule has 5 heteroatoms. The van der Waals surface area contributed by atoms with Crippen molar-refractivity contribution in [1.82, 2.24) is 4.72 Å². The number of rotatable bonds is 5. The van der Waals surface area contributed by atoms with E-state index >= 15 is 0 Å². The van der Waals surface area contributed by atoms with Gasteiger partial charge in [0.05, 0.1) is 12.0 Å². The van der Waals surface area contributed by atoms with Crippen LogP contribution >= 0.6 is 0 Å². The first-order valence-corrected chi connectivity index (χ1v) is 7.85. The van der Waals surface area contributed by atoms with Gasteiger partial charge < -0.3 is 4.74 Å². The fraction of sp³-hybridized carbons (Fsp3) is 0.571. The van der Waals surface area contributed by atoms with Crippen molar-refractivity contribution in [3.63, 3.8) is 0 Å². The smallest absolute Gasteiger partial charge is 0.241 e. The maximum Gasteiger partial charge on any atom is 0.241 e. The van der Waals surface area contributed by atoms with Crippen LogP contribution in [0.4, 0.5) is 0 Å². The minimum atomic E-state index is -3.50. The zero-order valence-electron chi connectivity index (χ0n) is 12.4. The van der Waals surface area contributed by atoms with Crippen molar-refractivity contribution in [1.29, 1.82) is 0 Å². The zero-order chi connectivity index (χ0) is 14.8. The van der Waals surface area contributed by atoms with E-state index in [4.69, 9.17) is 4.74 Å². The second-order valence-corrected chi connectivity index (χ2v) is 6.90. The van der Waals surface area contributed by atoms with Gasteiger partial charge in [-0.15, -0.1) is 0 Å². The van der Waals surface area contributed by atoms with Crippen LogP contribution in [0.15, 0.2) is 17.0 Å². The van der Waals surface area contributed by atoms with E-state index in [1.165, 1.54) is 0 Å². The highest BCUT2D eigenvalue weighted by atomic mass is 32.2. The molecule has 108 valence electrons. The van der Waals surface area contributed by atoms with Crippen molar-refractivity contribution in [3.05, 3.63) is 23.3 Å². The number of sulfonamides is 1. The van der Waals surface area contributed by atoms with Crippen molar-refractivity contribution in [2.75, 3.05) is 7.11 Å². The predicted octanol–water partition coefficient (Wildman–Crippen LogP) is 2.63. The minimum absolute atomic E-state index is 0.106. The molecule has 1 aromatic carbocycles. The van der Waals surface area contributed by atoms with E-state index in [1.54, 1.807) is 33.1 Å². The molecule has 0 amide bonds. The van der Waals surface area contributed by atoms with Crippen LogP contribution in [0.25, 0.3) is 0 Å². The van der Waals surface area contributed by atoms with Crippen LogP contribution in [0.3, 0.4) is 0 Å². The van der Waals surface area contributed by atoms with E-state index in [0.717, 1.165) is 0 Å². The van der Waals surface area contributed by atoms with Gasteiger partial charge in [0.25, 0.3) is 0 Å². The molecule has 0 saturated heterocycles. The third-order valence-corrected chi connectivity index (χ3v) is 5.14. The quantitative estimate of drug-likeness (QED) is 0.905. The van der Waals surface area contributed by atoms with Gasteiger partial charge in [-0.05, 0) is 49.9 Å². The lowest BCUT2D eigenvalue weighted by Crippen LogP contribution is -2.36. The molecule has 1 N–H and O–H groups in total. The highest BCUT2D eigenvalue weighted by Gasteiger charge is 2.23. The summed E-state index contributed by atoms with van der Waals surface area (Å²) in [5, 5.41) is 0. The van der Waals surface area contributed by atoms with E-state index in [-0.39, 0.29) is 12.0 Å². The highest BCUT2D eigenvalue weighted by molar-refractivity contribution is 7.89. The Balaban J connectivity index is 3.22. The Bertz CT molecular complexity index is 527. The van der Waals surface area contributed by atoms with Gasteiger partial charge in [-0.3, -0.25) is 0 Å². The molecule has 0 unspecified atom stereocenters. The lowest BCUT2D eigenvalue weighted by molar-refractivity contribution is 0.413. The van der Waals surface area contributed by atoms with Crippen LogP contribution in [0.2, 0.25) is 0 Å². The van der Waals surface area contributed by atoms with Crippen molar-refractivity contribution >= 4 is 10.0 Å². The zero-order valence-corrected chi connectivity index (χ0v) is 13.3. The Morgan fingerprint density at radius 3 is 1.95 bits per heavy atom. The van der Waals surface area contributed by atoms with E-state index in [2.05, 4.69) is 4.72 Å². The van der Waals surface area contributed by atoms with Crippen LogP contribution in [0.1, 0.15) is 31.9 Å². The van der Waals surface area contributed by atoms with Gasteiger partial charge in [-0.2, -0.15) is 0 Å². The van der Waals surface area contributed by atoms with Crippen LogP contribution in [0.5, 0.6) is 5.75 Å². The summed E-state index contributed by atoms with van der Waals surface area (Å²) in [6, 6.07) is 3.37. The van der Waals surface area contributed by atoms with Crippen molar-refractivity contribution in [2.24, 2.45) is 5.92 Å². The Kier molecular flexibility index (Phi) is 4.98. The summed E-state index contributed by atoms with van der Waals surface area (Å²) in [5.41, 5.74) is 1.39. The van der Waals surface area contributed by atoms with E-state index in [0.29, 0.717) is 21.8 Å². The lowest BCUT2D eigenvalue weighted by atomic mass is 10.1. The maximum atomic E-state index is 12.4. The summed E-state index contributed by atoms with van der Waals surface area (Å²) < 4.78 is 32.7. The summed E-state index contributed by atoms with van der Waals surface area (Å²) in [4.78, 5) is 0.348. The topological polar surface area (TPSA) is 55.4 Å². The molecule has 1 aromatic rings. The highest BCUT2D eigenvalue weighted by Crippen LogP contribution is 2.26. The standard InChI is InChI=1S/C14H23NO3S/c1-9(2)12(5)15-19(16,17)14-10(3)7-13(18-6)8-11(14)4/h7-9,12,15H,1-6H3/t12-/m1/s1. The number of nitrogens with one attached hydrogen (secondary N) is 1. The molecular weight excluding hydrogens is 262 g/mol. The maximum absolute atomic E-state index is 12.4. The first-order valence-electron chi connectivity index (χ1n) is 6.36. The fourth-order valence-electron chi connectivity index (χ4n) is 1.89. The van der Waals surface area contributed by atoms with Crippen LogP contribution in [0, 0.1) is 19.8 Å². The molecule has 0 spiro atoms. The van der Waals surface area contributed by atoms with Crippen molar-refractivity contribution in [2.45, 2.75) is 45.6 Å². The molecule has 0 bridgehead atoms. The summed E-state index contributed by atoms with van der Waals surface area (Å²) in [6.45, 7) is 9.41. The summed E-state index contributed by atoms with van der Waals surface area (Å²) in [6.07, 6.45) is 0. The molecule has 0 fully saturated rings. The third kappa shape index (κ3) is 3.70. The van der Waals surface area contributed by atoms with Gasteiger partial charge in [0.1, 0.15) is 5.75 Å². The first kappa shape index (κ1) is 16.0. The van der Waals surface area contributed by atoms with E-state index in [1.807, 2.05) is 20.8 Å². The molecule has 19 heavy (non-hydrogen) atoms. The minimum Gasteiger partial charge on any atom is -0.497 e. The normalized spacial score (nSPS) is 13.6. The van der Waals surface area contributed by atoms with Crippen LogP contribution < -0.4 is 9.46 Å². The molecule has 4 nitrogen and oxygen atoms in total. The van der Waals surface area contributed by atoms with Gasteiger partial charge >= 0.3 is 0 Å². The van der Waals surface area contributed by atoms with Crippen LogP contribution in [-0.2, 0) is 10.0 Å². The third-order valence-electron chi connectivity index (χ3n) is 3.28. The van der Waals surface area contributed by atoms with Gasteiger partial charge in [0.2, 0.25) is 10.0 Å². The van der Waals surface area contributed by atoms with Gasteiger partial charge in [0.15, 0.2) is 0 Å². The Hall–Kier alpha value is -1.07. The lowest BCUT2D eigenvalue weighted by Gasteiger charge is -2.20. The Morgan fingerprint density at radius 1 is 1.11 bits per heavy atom. The Labute approximate surface area is 116 Å². The summed E-state index contributed by atoms with van der Waals surface area (Å²) >= 11 is 0. The number of hydrogen-bond donors (Lipinski definition) is 1. The predicted molar refractivity (Wildman–Crippen MR) is 77.1 cm³/mol. The van der Waals surface area contributed by atoms with Crippen molar-refractivity contribution in [3.8, 4) is 5.75 Å². The van der Waals surface area contributed by atoms with E-state index < -0.39 is 10.0 Å². The molecule has 0 aromatic heterocycles. The molecule has 0 radical (unpaired) electrons. The van der Waals surface area contributed by atoms with Gasteiger partial charge in [0, 0.05) is 6.04 Å². The number of aryl methyl sites for hydroxylation is 2. The number of hydrogen-bond acceptors (Lipinski definition) is 3. The second-order valence-electron chi connectivity index (χ2n) is 5.24. The number of ether oxygens (including phenoxy) is 1. The van der Waals surface area contributed by atoms with Crippen LogP contribution in [-0.4, -0.2) is 21.6 Å². The monoisotopic (exact) mass is 285 g/mol. The number of methoxy groups -OCH3 is 1. The average molecular weight is 285 g/mol. The molecule has 0 aliphatic carbocycles. The second kappa shape index (κ2) is 5.92. The largest absolute Gasteiger partial charge is 0.497 e.